The molecule has 1 aromatic rings. The SMILES string of the molecule is CN=C(NCCCN(Cc1cccnc1)C(=O)OC(C)(C)C)N(C)CC1CCOC1.I. The van der Waals surface area contributed by atoms with Crippen LogP contribution in [0.1, 0.15) is 39.2 Å². The molecular weight excluding hydrogens is 509 g/mol. The highest BCUT2D eigenvalue weighted by Crippen LogP contribution is 2.14. The van der Waals surface area contributed by atoms with E-state index in [-0.39, 0.29) is 30.1 Å². The number of nitrogens with zero attached hydrogens (tertiary/aromatic N) is 4. The summed E-state index contributed by atoms with van der Waals surface area (Å²) in [4.78, 5) is 25.1. The summed E-state index contributed by atoms with van der Waals surface area (Å²) >= 11 is 0. The number of hydrogen-bond donors (Lipinski definition) is 1. The lowest BCUT2D eigenvalue weighted by Gasteiger charge is -2.28. The van der Waals surface area contributed by atoms with Gasteiger partial charge in [-0.05, 0) is 45.2 Å². The Labute approximate surface area is 203 Å². The van der Waals surface area contributed by atoms with E-state index in [1.165, 1.54) is 0 Å². The first-order valence-corrected chi connectivity index (χ1v) is 10.6. The number of carbonyl (C=O) groups is 1. The second-order valence-corrected chi connectivity index (χ2v) is 8.70. The van der Waals surface area contributed by atoms with Gasteiger partial charge in [-0.15, -0.1) is 24.0 Å². The number of ether oxygens (including phenoxy) is 2. The molecule has 0 radical (unpaired) electrons. The Balaban J connectivity index is 0.00000480. The highest BCUT2D eigenvalue weighted by molar-refractivity contribution is 14.0. The van der Waals surface area contributed by atoms with Gasteiger partial charge >= 0.3 is 6.09 Å². The van der Waals surface area contributed by atoms with Crippen molar-refractivity contribution in [3.8, 4) is 0 Å². The summed E-state index contributed by atoms with van der Waals surface area (Å²) in [6, 6.07) is 3.84. The average molecular weight is 547 g/mol. The number of amides is 1. The molecule has 1 N–H and O–H groups in total. The molecule has 9 heteroatoms. The molecular formula is C22H38IN5O3. The van der Waals surface area contributed by atoms with Crippen LogP contribution in [-0.4, -0.2) is 79.4 Å². The fraction of sp³-hybridized carbons (Fsp3) is 0.682. The molecule has 1 aromatic heterocycles. The number of carbonyl (C=O) groups excluding carboxylic acids is 1. The summed E-state index contributed by atoms with van der Waals surface area (Å²) in [5, 5.41) is 3.39. The smallest absolute Gasteiger partial charge is 0.410 e. The number of pyridine rings is 1. The molecule has 31 heavy (non-hydrogen) atoms. The van der Waals surface area contributed by atoms with Gasteiger partial charge in [0.2, 0.25) is 0 Å². The van der Waals surface area contributed by atoms with Gasteiger partial charge in [0.05, 0.1) is 13.2 Å². The van der Waals surface area contributed by atoms with Crippen molar-refractivity contribution in [2.24, 2.45) is 10.9 Å². The highest BCUT2D eigenvalue weighted by Gasteiger charge is 2.22. The van der Waals surface area contributed by atoms with Gasteiger partial charge in [0.15, 0.2) is 5.96 Å². The highest BCUT2D eigenvalue weighted by atomic mass is 127. The van der Waals surface area contributed by atoms with Gasteiger partial charge in [-0.3, -0.25) is 9.98 Å². The number of aliphatic imine (C=N–C) groups is 1. The molecule has 2 heterocycles. The molecule has 0 aliphatic carbocycles. The lowest BCUT2D eigenvalue weighted by Crippen LogP contribution is -2.43. The van der Waals surface area contributed by atoms with Crippen molar-refractivity contribution >= 4 is 36.0 Å². The third-order valence-corrected chi connectivity index (χ3v) is 4.77. The van der Waals surface area contributed by atoms with Crippen LogP contribution in [0.15, 0.2) is 29.5 Å². The first kappa shape index (κ1) is 27.4. The zero-order valence-corrected chi connectivity index (χ0v) is 21.8. The standard InChI is InChI=1S/C22H37N5O3.HI/c1-22(2,3)30-21(28)27(16-18-8-6-10-24-14-18)12-7-11-25-20(23-4)26(5)15-19-9-13-29-17-19;/h6,8,10,14,19H,7,9,11-13,15-17H2,1-5H3,(H,23,25);1H. The molecule has 1 unspecified atom stereocenters. The van der Waals surface area contributed by atoms with Crippen molar-refractivity contribution in [1.82, 2.24) is 20.1 Å². The van der Waals surface area contributed by atoms with Gasteiger partial charge < -0.3 is 24.6 Å². The number of aromatic nitrogens is 1. The predicted molar refractivity (Wildman–Crippen MR) is 134 cm³/mol. The summed E-state index contributed by atoms with van der Waals surface area (Å²) < 4.78 is 11.0. The zero-order valence-electron chi connectivity index (χ0n) is 19.5. The Morgan fingerprint density at radius 1 is 1.42 bits per heavy atom. The number of guanidine groups is 1. The third kappa shape index (κ3) is 10.5. The molecule has 1 amide bonds. The lowest BCUT2D eigenvalue weighted by molar-refractivity contribution is 0.0232. The van der Waals surface area contributed by atoms with Crippen LogP contribution in [-0.2, 0) is 16.0 Å². The van der Waals surface area contributed by atoms with Gasteiger partial charge in [0, 0.05) is 58.6 Å². The van der Waals surface area contributed by atoms with E-state index < -0.39 is 5.60 Å². The maximum absolute atomic E-state index is 12.7. The second kappa shape index (κ2) is 13.7. The Bertz CT molecular complexity index is 675. The van der Waals surface area contributed by atoms with Crippen LogP contribution in [0.3, 0.4) is 0 Å². The number of hydrogen-bond acceptors (Lipinski definition) is 5. The fourth-order valence-electron chi connectivity index (χ4n) is 3.33. The zero-order chi connectivity index (χ0) is 22.0. The van der Waals surface area contributed by atoms with E-state index in [4.69, 9.17) is 9.47 Å². The summed E-state index contributed by atoms with van der Waals surface area (Å²) in [5.74, 6) is 1.41. The third-order valence-electron chi connectivity index (χ3n) is 4.77. The van der Waals surface area contributed by atoms with Gasteiger partial charge in [-0.2, -0.15) is 0 Å². The molecule has 0 saturated carbocycles. The quantitative estimate of drug-likeness (QED) is 0.233. The van der Waals surface area contributed by atoms with Crippen molar-refractivity contribution in [3.63, 3.8) is 0 Å². The first-order chi connectivity index (χ1) is 14.3. The Morgan fingerprint density at radius 2 is 2.19 bits per heavy atom. The number of halogens is 1. The van der Waals surface area contributed by atoms with Gasteiger partial charge in [-0.1, -0.05) is 6.07 Å². The van der Waals surface area contributed by atoms with Gasteiger partial charge in [0.25, 0.3) is 0 Å². The normalized spacial score (nSPS) is 16.4. The van der Waals surface area contributed by atoms with Crippen LogP contribution in [0, 0.1) is 5.92 Å². The van der Waals surface area contributed by atoms with Crippen molar-refractivity contribution in [2.75, 3.05) is 46.9 Å². The summed E-state index contributed by atoms with van der Waals surface area (Å²) in [7, 11) is 3.84. The Morgan fingerprint density at radius 3 is 2.77 bits per heavy atom. The predicted octanol–water partition coefficient (Wildman–Crippen LogP) is 3.37. The van der Waals surface area contributed by atoms with E-state index in [9.17, 15) is 4.79 Å². The molecule has 176 valence electrons. The minimum atomic E-state index is -0.531. The molecule has 0 aromatic carbocycles. The maximum Gasteiger partial charge on any atom is 0.410 e. The molecule has 1 fully saturated rings. The van der Waals surface area contributed by atoms with E-state index >= 15 is 0 Å². The van der Waals surface area contributed by atoms with Crippen LogP contribution in [0.4, 0.5) is 4.79 Å². The number of rotatable bonds is 8. The van der Waals surface area contributed by atoms with E-state index in [0.717, 1.165) is 44.1 Å². The van der Waals surface area contributed by atoms with Crippen LogP contribution < -0.4 is 5.32 Å². The van der Waals surface area contributed by atoms with Crippen molar-refractivity contribution in [2.45, 2.75) is 45.8 Å². The lowest BCUT2D eigenvalue weighted by atomic mass is 10.1. The van der Waals surface area contributed by atoms with Gasteiger partial charge in [-0.25, -0.2) is 4.79 Å². The van der Waals surface area contributed by atoms with Crippen molar-refractivity contribution < 1.29 is 14.3 Å². The minimum Gasteiger partial charge on any atom is -0.444 e. The van der Waals surface area contributed by atoms with E-state index in [1.807, 2.05) is 40.0 Å². The molecule has 0 bridgehead atoms. The summed E-state index contributed by atoms with van der Waals surface area (Å²) in [6.45, 7) is 9.99. The van der Waals surface area contributed by atoms with Crippen LogP contribution >= 0.6 is 24.0 Å². The van der Waals surface area contributed by atoms with Crippen LogP contribution in [0.25, 0.3) is 0 Å². The van der Waals surface area contributed by atoms with Crippen molar-refractivity contribution in [3.05, 3.63) is 30.1 Å². The summed E-state index contributed by atoms with van der Waals surface area (Å²) in [6.07, 6.45) is 5.07. The average Bonchev–Trinajstić information content (AvgIpc) is 3.19. The van der Waals surface area contributed by atoms with Crippen LogP contribution in [0.2, 0.25) is 0 Å². The Hall–Kier alpha value is -1.62. The molecule has 0 spiro atoms. The Kier molecular flexibility index (Phi) is 12.1. The minimum absolute atomic E-state index is 0. The monoisotopic (exact) mass is 547 g/mol. The molecule has 1 aliphatic rings. The van der Waals surface area contributed by atoms with Crippen molar-refractivity contribution in [1.29, 1.82) is 0 Å². The summed E-state index contributed by atoms with van der Waals surface area (Å²) in [5.41, 5.74) is 0.447. The van der Waals surface area contributed by atoms with E-state index in [1.54, 1.807) is 24.3 Å². The molecule has 1 atom stereocenters. The first-order valence-electron chi connectivity index (χ1n) is 10.6. The van der Waals surface area contributed by atoms with Gasteiger partial charge in [0.1, 0.15) is 5.60 Å². The molecule has 1 aliphatic heterocycles. The molecule has 2 rings (SSSR count). The maximum atomic E-state index is 12.7. The van der Waals surface area contributed by atoms with E-state index in [0.29, 0.717) is 25.6 Å². The molecule has 8 nitrogen and oxygen atoms in total. The fourth-order valence-corrected chi connectivity index (χ4v) is 3.33. The topological polar surface area (TPSA) is 79.3 Å². The van der Waals surface area contributed by atoms with Crippen LogP contribution in [0.5, 0.6) is 0 Å². The second-order valence-electron chi connectivity index (χ2n) is 8.70. The largest absolute Gasteiger partial charge is 0.444 e. The number of nitrogens with one attached hydrogen (secondary N) is 1. The van der Waals surface area contributed by atoms with E-state index in [2.05, 4.69) is 20.2 Å². The molecule has 1 saturated heterocycles.